The highest BCUT2D eigenvalue weighted by Crippen LogP contribution is 2.39. The van der Waals surface area contributed by atoms with Crippen LogP contribution in [0.4, 0.5) is 5.69 Å². The van der Waals surface area contributed by atoms with Crippen molar-refractivity contribution < 1.29 is 19.6 Å². The van der Waals surface area contributed by atoms with E-state index in [4.69, 9.17) is 0 Å². The number of carbonyl (C=O) groups excluding carboxylic acids is 2. The molecule has 3 rings (SSSR count). The molecule has 1 aliphatic heterocycles. The summed E-state index contributed by atoms with van der Waals surface area (Å²) in [5, 5.41) is 21.1. The lowest BCUT2D eigenvalue weighted by atomic mass is 9.96. The zero-order valence-corrected chi connectivity index (χ0v) is 14.0. The molecule has 1 aliphatic rings. The van der Waals surface area contributed by atoms with Gasteiger partial charge in [-0.05, 0) is 30.2 Å². The summed E-state index contributed by atoms with van der Waals surface area (Å²) in [6, 6.07) is 14.0. The van der Waals surface area contributed by atoms with Gasteiger partial charge in [-0.25, -0.2) is 0 Å². The van der Waals surface area contributed by atoms with Crippen LogP contribution in [0.1, 0.15) is 24.1 Å². The second-order valence-electron chi connectivity index (χ2n) is 5.99. The minimum absolute atomic E-state index is 0.000200. The van der Waals surface area contributed by atoms with E-state index in [1.54, 1.807) is 0 Å². The van der Waals surface area contributed by atoms with Crippen molar-refractivity contribution in [3.63, 3.8) is 0 Å². The number of amides is 1. The topological polar surface area (TPSA) is 101 Å². The van der Waals surface area contributed by atoms with Crippen LogP contribution in [0, 0.1) is 10.1 Å². The van der Waals surface area contributed by atoms with Gasteiger partial charge in [-0.3, -0.25) is 19.7 Å². The molecule has 0 spiro atoms. The molecule has 7 nitrogen and oxygen atoms in total. The Morgan fingerprint density at radius 2 is 1.77 bits per heavy atom. The number of non-ortho nitro benzene ring substituents is 1. The minimum Gasteiger partial charge on any atom is -0.503 e. The van der Waals surface area contributed by atoms with Crippen LogP contribution >= 0.6 is 0 Å². The first-order valence-corrected chi connectivity index (χ1v) is 7.93. The standard InChI is InChI=1S/C19H16N2O5/c1-12(22)16-17(14-7-9-15(10-8-14)21(25)26)20(19(24)18(16)23)11-13-5-3-2-4-6-13/h2-10,17,23H,11H2,1H3/t17-/m0/s1. The Balaban J connectivity index is 2.04. The highest BCUT2D eigenvalue weighted by Gasteiger charge is 2.42. The molecule has 0 bridgehead atoms. The molecule has 0 fully saturated rings. The van der Waals surface area contributed by atoms with Crippen LogP contribution in [0.3, 0.4) is 0 Å². The van der Waals surface area contributed by atoms with Gasteiger partial charge in [-0.2, -0.15) is 0 Å². The predicted molar refractivity (Wildman–Crippen MR) is 93.2 cm³/mol. The van der Waals surface area contributed by atoms with Crippen molar-refractivity contribution in [1.29, 1.82) is 0 Å². The van der Waals surface area contributed by atoms with Gasteiger partial charge in [0.2, 0.25) is 0 Å². The fraction of sp³-hybridized carbons (Fsp3) is 0.158. The maximum absolute atomic E-state index is 12.5. The maximum atomic E-state index is 12.5. The van der Waals surface area contributed by atoms with Crippen LogP contribution in [0.25, 0.3) is 0 Å². The van der Waals surface area contributed by atoms with E-state index in [-0.39, 0.29) is 17.8 Å². The Labute approximate surface area is 149 Å². The van der Waals surface area contributed by atoms with Gasteiger partial charge in [-0.1, -0.05) is 30.3 Å². The first kappa shape index (κ1) is 17.3. The molecule has 26 heavy (non-hydrogen) atoms. The zero-order chi connectivity index (χ0) is 18.8. The van der Waals surface area contributed by atoms with Gasteiger partial charge >= 0.3 is 0 Å². The van der Waals surface area contributed by atoms with E-state index in [2.05, 4.69) is 0 Å². The molecule has 2 aromatic carbocycles. The average Bonchev–Trinajstić information content (AvgIpc) is 2.87. The SMILES string of the molecule is CC(=O)C1=C(O)C(=O)N(Cc2ccccc2)[C@H]1c1ccc([N+](=O)[O-])cc1. The number of hydrogen-bond donors (Lipinski definition) is 1. The number of nitrogens with zero attached hydrogens (tertiary/aromatic N) is 2. The van der Waals surface area contributed by atoms with Gasteiger partial charge < -0.3 is 10.0 Å². The summed E-state index contributed by atoms with van der Waals surface area (Å²) >= 11 is 0. The first-order chi connectivity index (χ1) is 12.4. The Morgan fingerprint density at radius 1 is 1.15 bits per heavy atom. The normalized spacial score (nSPS) is 16.9. The van der Waals surface area contributed by atoms with Gasteiger partial charge in [0.1, 0.15) is 0 Å². The number of benzene rings is 2. The van der Waals surface area contributed by atoms with Crippen molar-refractivity contribution in [3.8, 4) is 0 Å². The number of nitro benzene ring substituents is 1. The van der Waals surface area contributed by atoms with Crippen molar-refractivity contribution in [2.24, 2.45) is 0 Å². The summed E-state index contributed by atoms with van der Waals surface area (Å²) < 4.78 is 0. The summed E-state index contributed by atoms with van der Waals surface area (Å²) in [5.74, 6) is -1.63. The number of rotatable bonds is 5. The van der Waals surface area contributed by atoms with Gasteiger partial charge in [0.25, 0.3) is 11.6 Å². The molecule has 0 saturated carbocycles. The number of aliphatic hydroxyl groups is 1. The minimum atomic E-state index is -0.791. The van der Waals surface area contributed by atoms with Crippen LogP contribution < -0.4 is 0 Å². The summed E-state index contributed by atoms with van der Waals surface area (Å²) in [6.45, 7) is 1.48. The fourth-order valence-corrected chi connectivity index (χ4v) is 3.08. The Kier molecular flexibility index (Phi) is 4.53. The molecule has 0 saturated heterocycles. The summed E-state index contributed by atoms with van der Waals surface area (Å²) in [6.07, 6.45) is 0. The molecule has 1 heterocycles. The van der Waals surface area contributed by atoms with Crippen molar-refractivity contribution >= 4 is 17.4 Å². The van der Waals surface area contributed by atoms with Crippen LogP contribution in [0.5, 0.6) is 0 Å². The molecule has 1 N–H and O–H groups in total. The predicted octanol–water partition coefficient (Wildman–Crippen LogP) is 3.08. The lowest BCUT2D eigenvalue weighted by molar-refractivity contribution is -0.384. The number of ketones is 1. The molecule has 132 valence electrons. The monoisotopic (exact) mass is 352 g/mol. The van der Waals surface area contributed by atoms with Gasteiger partial charge in [0.15, 0.2) is 11.5 Å². The molecule has 0 unspecified atom stereocenters. The van der Waals surface area contributed by atoms with Gasteiger partial charge in [0.05, 0.1) is 16.5 Å². The number of carbonyl (C=O) groups is 2. The molecule has 7 heteroatoms. The highest BCUT2D eigenvalue weighted by atomic mass is 16.6. The highest BCUT2D eigenvalue weighted by molar-refractivity contribution is 6.08. The van der Waals surface area contributed by atoms with Gasteiger partial charge in [0, 0.05) is 18.7 Å². The summed E-state index contributed by atoms with van der Waals surface area (Å²) in [7, 11) is 0. The lowest BCUT2D eigenvalue weighted by Crippen LogP contribution is -2.30. The summed E-state index contributed by atoms with van der Waals surface area (Å²) in [4.78, 5) is 36.3. The van der Waals surface area contributed by atoms with E-state index in [1.807, 2.05) is 30.3 Å². The third-order valence-electron chi connectivity index (χ3n) is 4.30. The molecular weight excluding hydrogens is 336 g/mol. The van der Waals surface area contributed by atoms with E-state index in [1.165, 1.54) is 36.1 Å². The number of Topliss-reactive ketones (excluding diaryl/α,β-unsaturated/α-hetero) is 1. The van der Waals surface area contributed by atoms with Crippen LogP contribution in [-0.4, -0.2) is 26.6 Å². The smallest absolute Gasteiger partial charge is 0.290 e. The van der Waals surface area contributed by atoms with Crippen molar-refractivity contribution in [1.82, 2.24) is 4.90 Å². The van der Waals surface area contributed by atoms with E-state index in [0.29, 0.717) is 5.56 Å². The third kappa shape index (κ3) is 3.06. The molecule has 0 aliphatic carbocycles. The second-order valence-corrected chi connectivity index (χ2v) is 5.99. The van der Waals surface area contributed by atoms with Gasteiger partial charge in [-0.15, -0.1) is 0 Å². The largest absolute Gasteiger partial charge is 0.503 e. The van der Waals surface area contributed by atoms with E-state index in [9.17, 15) is 24.8 Å². The second kappa shape index (κ2) is 6.79. The van der Waals surface area contributed by atoms with E-state index in [0.717, 1.165) is 5.56 Å². The molecule has 1 amide bonds. The maximum Gasteiger partial charge on any atom is 0.290 e. The van der Waals surface area contributed by atoms with E-state index < -0.39 is 28.4 Å². The molecule has 0 radical (unpaired) electrons. The lowest BCUT2D eigenvalue weighted by Gasteiger charge is -2.26. The van der Waals surface area contributed by atoms with Crippen LogP contribution in [0.2, 0.25) is 0 Å². The fourth-order valence-electron chi connectivity index (χ4n) is 3.08. The number of aliphatic hydroxyl groups excluding tert-OH is 1. The average molecular weight is 352 g/mol. The first-order valence-electron chi connectivity index (χ1n) is 7.93. The van der Waals surface area contributed by atoms with Crippen LogP contribution in [0.15, 0.2) is 65.9 Å². The van der Waals surface area contributed by atoms with E-state index >= 15 is 0 Å². The Bertz CT molecular complexity index is 903. The molecule has 1 atom stereocenters. The number of nitro groups is 1. The zero-order valence-electron chi connectivity index (χ0n) is 14.0. The third-order valence-corrected chi connectivity index (χ3v) is 4.30. The molecular formula is C19H16N2O5. The summed E-state index contributed by atoms with van der Waals surface area (Å²) in [5.41, 5.74) is 1.27. The Morgan fingerprint density at radius 3 is 2.31 bits per heavy atom. The number of hydrogen-bond acceptors (Lipinski definition) is 5. The Hall–Kier alpha value is -3.48. The molecule has 0 aromatic heterocycles. The van der Waals surface area contributed by atoms with Crippen molar-refractivity contribution in [2.45, 2.75) is 19.5 Å². The molecule has 2 aromatic rings. The van der Waals surface area contributed by atoms with Crippen molar-refractivity contribution in [2.75, 3.05) is 0 Å². The van der Waals surface area contributed by atoms with Crippen molar-refractivity contribution in [3.05, 3.63) is 87.2 Å². The quantitative estimate of drug-likeness (QED) is 0.658. The van der Waals surface area contributed by atoms with Crippen LogP contribution in [-0.2, 0) is 16.1 Å².